The van der Waals surface area contributed by atoms with Gasteiger partial charge in [0.1, 0.15) is 16.4 Å². The van der Waals surface area contributed by atoms with Crippen molar-refractivity contribution in [3.63, 3.8) is 0 Å². The van der Waals surface area contributed by atoms with E-state index in [2.05, 4.69) is 20.3 Å². The zero-order valence-corrected chi connectivity index (χ0v) is 17.3. The zero-order chi connectivity index (χ0) is 22.1. The van der Waals surface area contributed by atoms with Gasteiger partial charge in [-0.3, -0.25) is 9.59 Å². The first-order chi connectivity index (χ1) is 14.1. The van der Waals surface area contributed by atoms with E-state index in [0.717, 1.165) is 17.5 Å². The Balaban J connectivity index is 1.69. The number of alkyl halides is 3. The van der Waals surface area contributed by atoms with Crippen molar-refractivity contribution in [2.24, 2.45) is 7.05 Å². The van der Waals surface area contributed by atoms with Crippen LogP contribution in [0.25, 0.3) is 0 Å². The number of nitrogens with zero attached hydrogens (tertiary/aromatic N) is 4. The van der Waals surface area contributed by atoms with Crippen molar-refractivity contribution in [2.75, 3.05) is 5.32 Å². The summed E-state index contributed by atoms with van der Waals surface area (Å²) in [6.07, 6.45) is 0.628. The average Bonchev–Trinajstić information content (AvgIpc) is 3.31. The number of pyridine rings is 1. The number of rotatable bonds is 6. The molecule has 0 bridgehead atoms. The molecule has 0 aliphatic rings. The van der Waals surface area contributed by atoms with Crippen molar-refractivity contribution in [1.82, 2.24) is 19.5 Å². The van der Waals surface area contributed by atoms with E-state index in [0.29, 0.717) is 16.8 Å². The van der Waals surface area contributed by atoms with Crippen LogP contribution in [0.15, 0.2) is 31.0 Å². The van der Waals surface area contributed by atoms with Crippen LogP contribution in [-0.4, -0.2) is 31.2 Å². The van der Waals surface area contributed by atoms with E-state index >= 15 is 0 Å². The van der Waals surface area contributed by atoms with Gasteiger partial charge in [-0.05, 0) is 6.07 Å². The molecule has 7 nitrogen and oxygen atoms in total. The molecule has 1 amide bonds. The second-order valence-electron chi connectivity index (χ2n) is 6.48. The number of nitrogens with one attached hydrogen (secondary N) is 1. The van der Waals surface area contributed by atoms with Gasteiger partial charge in [0.25, 0.3) is 5.91 Å². The molecule has 0 radical (unpaired) electrons. The van der Waals surface area contributed by atoms with Gasteiger partial charge in [0.2, 0.25) is 0 Å². The van der Waals surface area contributed by atoms with Crippen LogP contribution in [0.5, 0.6) is 0 Å². The van der Waals surface area contributed by atoms with Gasteiger partial charge in [-0.25, -0.2) is 15.0 Å². The SMILES string of the molecule is C[C@@H](CC(=O)c1cncn1C)c1ncc(C(=O)Nc2cc(C(F)(F)F)c(Cl)cn2)s1. The fourth-order valence-corrected chi connectivity index (χ4v) is 3.69. The van der Waals surface area contributed by atoms with Crippen LogP contribution in [0.4, 0.5) is 19.0 Å². The number of aromatic nitrogens is 4. The summed E-state index contributed by atoms with van der Waals surface area (Å²) in [7, 11) is 1.71. The third-order valence-electron chi connectivity index (χ3n) is 4.17. The lowest BCUT2D eigenvalue weighted by Gasteiger charge is -2.10. The number of anilines is 1. The Morgan fingerprint density at radius 2 is 2.00 bits per heavy atom. The highest BCUT2D eigenvalue weighted by atomic mass is 35.5. The molecule has 12 heteroatoms. The van der Waals surface area contributed by atoms with Crippen LogP contribution in [-0.2, 0) is 13.2 Å². The standard InChI is InChI=1S/C18H15ClF3N5O2S/c1-9(3-13(28)12-6-23-8-27(12)2)17-25-7-14(30-17)16(29)26-15-4-10(18(20,21)22)11(19)5-24-15/h4-9H,3H2,1-2H3,(H,24,26,29)/t9-/m0/s1. The molecule has 0 aliphatic carbocycles. The normalized spacial score (nSPS) is 12.6. The van der Waals surface area contributed by atoms with E-state index in [1.807, 2.05) is 0 Å². The zero-order valence-electron chi connectivity index (χ0n) is 15.7. The Bertz CT molecular complexity index is 1100. The minimum atomic E-state index is -4.67. The lowest BCUT2D eigenvalue weighted by molar-refractivity contribution is -0.137. The fourth-order valence-electron chi connectivity index (χ4n) is 2.62. The third-order valence-corrected chi connectivity index (χ3v) is 5.69. The van der Waals surface area contributed by atoms with Gasteiger partial charge >= 0.3 is 6.18 Å². The molecule has 0 saturated carbocycles. The monoisotopic (exact) mass is 457 g/mol. The van der Waals surface area contributed by atoms with Crippen molar-refractivity contribution in [2.45, 2.75) is 25.4 Å². The first-order valence-electron chi connectivity index (χ1n) is 8.55. The molecule has 3 rings (SSSR count). The van der Waals surface area contributed by atoms with Gasteiger partial charge in [0.15, 0.2) is 5.78 Å². The van der Waals surface area contributed by atoms with Crippen LogP contribution in [0.1, 0.15) is 50.0 Å². The number of aryl methyl sites for hydroxylation is 1. The first kappa shape index (κ1) is 21.9. The molecule has 0 spiro atoms. The molecule has 158 valence electrons. The summed E-state index contributed by atoms with van der Waals surface area (Å²) in [4.78, 5) is 36.7. The van der Waals surface area contributed by atoms with Gasteiger partial charge in [0, 0.05) is 25.6 Å². The van der Waals surface area contributed by atoms with Crippen molar-refractivity contribution >= 4 is 40.4 Å². The summed E-state index contributed by atoms with van der Waals surface area (Å²) >= 11 is 6.58. The topological polar surface area (TPSA) is 89.8 Å². The van der Waals surface area contributed by atoms with Gasteiger partial charge < -0.3 is 9.88 Å². The molecule has 3 aromatic rings. The van der Waals surface area contributed by atoms with E-state index in [4.69, 9.17) is 11.6 Å². The predicted octanol–water partition coefficient (Wildman–Crippen LogP) is 4.57. The van der Waals surface area contributed by atoms with Gasteiger partial charge in [-0.15, -0.1) is 11.3 Å². The Hall–Kier alpha value is -2.79. The van der Waals surface area contributed by atoms with Crippen molar-refractivity contribution in [1.29, 1.82) is 0 Å². The maximum atomic E-state index is 12.9. The average molecular weight is 458 g/mol. The Morgan fingerprint density at radius 3 is 2.63 bits per heavy atom. The highest BCUT2D eigenvalue weighted by Crippen LogP contribution is 2.35. The maximum absolute atomic E-state index is 12.9. The fraction of sp³-hybridized carbons (Fsp3) is 0.278. The molecule has 1 atom stereocenters. The van der Waals surface area contributed by atoms with Crippen LogP contribution < -0.4 is 5.32 Å². The summed E-state index contributed by atoms with van der Waals surface area (Å²) in [6.45, 7) is 1.80. The number of amides is 1. The van der Waals surface area contributed by atoms with Gasteiger partial charge in [-0.2, -0.15) is 13.2 Å². The first-order valence-corrected chi connectivity index (χ1v) is 9.75. The number of thiazole rings is 1. The Labute approximate surface area is 177 Å². The molecular weight excluding hydrogens is 443 g/mol. The molecule has 30 heavy (non-hydrogen) atoms. The second-order valence-corrected chi connectivity index (χ2v) is 7.95. The lowest BCUT2D eigenvalue weighted by Crippen LogP contribution is -2.13. The van der Waals surface area contributed by atoms with Gasteiger partial charge in [-0.1, -0.05) is 18.5 Å². The number of hydrogen-bond donors (Lipinski definition) is 1. The molecule has 0 aromatic carbocycles. The van der Waals surface area contributed by atoms with E-state index in [9.17, 15) is 22.8 Å². The molecule has 3 heterocycles. The van der Waals surface area contributed by atoms with Crippen LogP contribution in [0.2, 0.25) is 5.02 Å². The highest BCUT2D eigenvalue weighted by molar-refractivity contribution is 7.13. The van der Waals surface area contributed by atoms with E-state index < -0.39 is 22.7 Å². The third kappa shape index (κ3) is 4.85. The van der Waals surface area contributed by atoms with E-state index in [-0.39, 0.29) is 28.8 Å². The molecule has 0 unspecified atom stereocenters. The van der Waals surface area contributed by atoms with E-state index in [1.54, 1.807) is 18.5 Å². The number of carbonyl (C=O) groups is 2. The molecule has 0 aliphatic heterocycles. The van der Waals surface area contributed by atoms with Crippen molar-refractivity contribution in [3.05, 3.63) is 57.1 Å². The molecule has 1 N–H and O–H groups in total. The van der Waals surface area contributed by atoms with Crippen LogP contribution >= 0.6 is 22.9 Å². The van der Waals surface area contributed by atoms with Crippen molar-refractivity contribution < 1.29 is 22.8 Å². The number of carbonyl (C=O) groups excluding carboxylic acids is 2. The number of halogens is 4. The van der Waals surface area contributed by atoms with Crippen molar-refractivity contribution in [3.8, 4) is 0 Å². The minimum absolute atomic E-state index is 0.117. The van der Waals surface area contributed by atoms with Crippen LogP contribution in [0, 0.1) is 0 Å². The summed E-state index contributed by atoms with van der Waals surface area (Å²) in [5.74, 6) is -1.32. The summed E-state index contributed by atoms with van der Waals surface area (Å²) in [5, 5.41) is 2.29. The summed E-state index contributed by atoms with van der Waals surface area (Å²) in [5.41, 5.74) is -0.632. The molecule has 3 aromatic heterocycles. The number of ketones is 1. The Kier molecular flexibility index (Phi) is 6.22. The molecule has 0 saturated heterocycles. The molecular formula is C18H15ClF3N5O2S. The quantitative estimate of drug-likeness (QED) is 0.547. The Morgan fingerprint density at radius 1 is 1.27 bits per heavy atom. The smallest absolute Gasteiger partial charge is 0.331 e. The highest BCUT2D eigenvalue weighted by Gasteiger charge is 2.34. The minimum Gasteiger partial charge on any atom is -0.331 e. The van der Waals surface area contributed by atoms with E-state index in [1.165, 1.54) is 18.7 Å². The largest absolute Gasteiger partial charge is 0.418 e. The number of Topliss-reactive ketones (excluding diaryl/α,β-unsaturated/α-hetero) is 1. The van der Waals surface area contributed by atoms with Crippen LogP contribution in [0.3, 0.4) is 0 Å². The maximum Gasteiger partial charge on any atom is 0.418 e. The number of imidazole rings is 1. The van der Waals surface area contributed by atoms with Gasteiger partial charge in [0.05, 0.1) is 34.3 Å². The second kappa shape index (κ2) is 8.52. The molecule has 0 fully saturated rings. The summed E-state index contributed by atoms with van der Waals surface area (Å²) < 4.78 is 40.5. The predicted molar refractivity (Wildman–Crippen MR) is 105 cm³/mol. The lowest BCUT2D eigenvalue weighted by atomic mass is 10.0. The summed E-state index contributed by atoms with van der Waals surface area (Å²) in [6, 6.07) is 0.664. The number of hydrogen-bond acceptors (Lipinski definition) is 6.